The molecule has 0 aliphatic rings. The molecule has 0 radical (unpaired) electrons. The Morgan fingerprint density at radius 3 is 1.95 bits per heavy atom. The Bertz CT molecular complexity index is 387. The highest BCUT2D eigenvalue weighted by Crippen LogP contribution is 2.29. The lowest BCUT2D eigenvalue weighted by molar-refractivity contribution is 0.198. The van der Waals surface area contributed by atoms with Crippen molar-refractivity contribution in [2.75, 3.05) is 26.8 Å². The molecule has 0 unspecified atom stereocenters. The summed E-state index contributed by atoms with van der Waals surface area (Å²) in [7, 11) is 1.74. The van der Waals surface area contributed by atoms with Crippen LogP contribution in [0.25, 0.3) is 0 Å². The van der Waals surface area contributed by atoms with Gasteiger partial charge in [-0.2, -0.15) is 0 Å². The van der Waals surface area contributed by atoms with Crippen molar-refractivity contribution in [2.24, 2.45) is 0 Å². The first-order valence-electron chi connectivity index (χ1n) is 7.58. The molecule has 1 aromatic carbocycles. The van der Waals surface area contributed by atoms with Crippen molar-refractivity contribution in [3.63, 3.8) is 0 Å². The van der Waals surface area contributed by atoms with Gasteiger partial charge in [-0.3, -0.25) is 0 Å². The van der Waals surface area contributed by atoms with Crippen LogP contribution in [0.4, 0.5) is 0 Å². The van der Waals surface area contributed by atoms with E-state index in [0.717, 1.165) is 26.1 Å². The zero-order valence-electron chi connectivity index (χ0n) is 14.0. The van der Waals surface area contributed by atoms with Gasteiger partial charge >= 0.3 is 0 Å². The number of ether oxygens (including phenoxy) is 1. The predicted molar refractivity (Wildman–Crippen MR) is 87.5 cm³/mol. The van der Waals surface area contributed by atoms with E-state index in [1.54, 1.807) is 7.11 Å². The van der Waals surface area contributed by atoms with Gasteiger partial charge in [0.15, 0.2) is 0 Å². The molecule has 0 heterocycles. The first kappa shape index (κ1) is 17.2. The fourth-order valence-corrected chi connectivity index (χ4v) is 2.27. The van der Waals surface area contributed by atoms with Gasteiger partial charge in [0, 0.05) is 13.7 Å². The molecular formula is C18H31NO. The predicted octanol–water partition coefficient (Wildman–Crippen LogP) is 3.89. The number of hydrogen-bond acceptors (Lipinski definition) is 2. The Morgan fingerprint density at radius 2 is 1.45 bits per heavy atom. The molecule has 20 heavy (non-hydrogen) atoms. The lowest BCUT2D eigenvalue weighted by Gasteiger charge is -2.27. The van der Waals surface area contributed by atoms with Crippen LogP contribution in [0.3, 0.4) is 0 Å². The summed E-state index contributed by atoms with van der Waals surface area (Å²) in [5, 5.41) is 3.42. The Hall–Kier alpha value is -0.860. The van der Waals surface area contributed by atoms with Crippen LogP contribution in [0.15, 0.2) is 24.3 Å². The molecule has 1 aromatic rings. The molecular weight excluding hydrogens is 246 g/mol. The average molecular weight is 277 g/mol. The van der Waals surface area contributed by atoms with Gasteiger partial charge in [0.05, 0.1) is 6.61 Å². The maximum absolute atomic E-state index is 5.04. The number of rotatable bonds is 7. The van der Waals surface area contributed by atoms with E-state index in [4.69, 9.17) is 4.74 Å². The van der Waals surface area contributed by atoms with Crippen molar-refractivity contribution < 1.29 is 4.74 Å². The van der Waals surface area contributed by atoms with Crippen molar-refractivity contribution in [1.82, 2.24) is 5.32 Å². The third-order valence-electron chi connectivity index (χ3n) is 3.94. The van der Waals surface area contributed by atoms with Gasteiger partial charge in [-0.1, -0.05) is 58.9 Å². The number of nitrogens with one attached hydrogen (secondary N) is 1. The maximum atomic E-state index is 5.04. The van der Waals surface area contributed by atoms with Crippen molar-refractivity contribution in [3.8, 4) is 0 Å². The number of benzene rings is 1. The Kier molecular flexibility index (Phi) is 6.22. The quantitative estimate of drug-likeness (QED) is 0.764. The summed E-state index contributed by atoms with van der Waals surface area (Å²) >= 11 is 0. The van der Waals surface area contributed by atoms with Crippen LogP contribution in [0.2, 0.25) is 0 Å². The van der Waals surface area contributed by atoms with Crippen LogP contribution in [-0.2, 0) is 15.6 Å². The molecule has 0 bridgehead atoms. The van der Waals surface area contributed by atoms with Gasteiger partial charge < -0.3 is 10.1 Å². The monoisotopic (exact) mass is 277 g/mol. The Morgan fingerprint density at radius 1 is 0.900 bits per heavy atom. The minimum Gasteiger partial charge on any atom is -0.383 e. The zero-order valence-corrected chi connectivity index (χ0v) is 14.0. The Labute approximate surface area is 124 Å². The summed E-state index contributed by atoms with van der Waals surface area (Å²) in [5.74, 6) is 0. The van der Waals surface area contributed by atoms with E-state index < -0.39 is 0 Å². The molecule has 1 N–H and O–H groups in total. The standard InChI is InChI=1S/C18H31NO/c1-17(2,3)15-7-9-16(10-8-15)18(4,5)11-12-19-13-14-20-6/h7-10,19H,11-14H2,1-6H3. The van der Waals surface area contributed by atoms with E-state index in [9.17, 15) is 0 Å². The molecule has 0 fully saturated rings. The molecule has 0 saturated carbocycles. The van der Waals surface area contributed by atoms with Crippen molar-refractivity contribution >= 4 is 0 Å². The SMILES string of the molecule is COCCNCCC(C)(C)c1ccc(C(C)(C)C)cc1. The van der Waals surface area contributed by atoms with Crippen LogP contribution in [-0.4, -0.2) is 26.8 Å². The highest BCUT2D eigenvalue weighted by atomic mass is 16.5. The van der Waals surface area contributed by atoms with Gasteiger partial charge in [0.1, 0.15) is 0 Å². The highest BCUT2D eigenvalue weighted by molar-refractivity contribution is 5.31. The fraction of sp³-hybridized carbons (Fsp3) is 0.667. The van der Waals surface area contributed by atoms with Crippen LogP contribution in [0.5, 0.6) is 0 Å². The lowest BCUT2D eigenvalue weighted by Crippen LogP contribution is -2.27. The first-order valence-corrected chi connectivity index (χ1v) is 7.58. The minimum absolute atomic E-state index is 0.205. The number of methoxy groups -OCH3 is 1. The second-order valence-corrected chi connectivity index (χ2v) is 7.20. The molecule has 0 saturated heterocycles. The summed E-state index contributed by atoms with van der Waals surface area (Å²) in [6, 6.07) is 9.12. The molecule has 2 nitrogen and oxygen atoms in total. The van der Waals surface area contributed by atoms with Gasteiger partial charge in [-0.05, 0) is 34.9 Å². The van der Waals surface area contributed by atoms with Crippen molar-refractivity contribution in [2.45, 2.75) is 51.9 Å². The van der Waals surface area contributed by atoms with E-state index in [0.29, 0.717) is 0 Å². The summed E-state index contributed by atoms with van der Waals surface area (Å²) < 4.78 is 5.04. The second-order valence-electron chi connectivity index (χ2n) is 7.20. The summed E-state index contributed by atoms with van der Waals surface area (Å²) in [4.78, 5) is 0. The molecule has 0 spiro atoms. The third-order valence-corrected chi connectivity index (χ3v) is 3.94. The molecule has 0 aliphatic carbocycles. The highest BCUT2D eigenvalue weighted by Gasteiger charge is 2.21. The first-order chi connectivity index (χ1) is 9.27. The topological polar surface area (TPSA) is 21.3 Å². The summed E-state index contributed by atoms with van der Waals surface area (Å²) in [5.41, 5.74) is 3.25. The van der Waals surface area contributed by atoms with Crippen molar-refractivity contribution in [3.05, 3.63) is 35.4 Å². The van der Waals surface area contributed by atoms with Gasteiger partial charge in [0.25, 0.3) is 0 Å². The van der Waals surface area contributed by atoms with Crippen LogP contribution in [0.1, 0.15) is 52.2 Å². The lowest BCUT2D eigenvalue weighted by atomic mass is 9.79. The van der Waals surface area contributed by atoms with E-state index in [-0.39, 0.29) is 10.8 Å². The molecule has 0 aromatic heterocycles. The van der Waals surface area contributed by atoms with Crippen molar-refractivity contribution in [1.29, 1.82) is 0 Å². The van der Waals surface area contributed by atoms with Crippen LogP contribution >= 0.6 is 0 Å². The largest absolute Gasteiger partial charge is 0.383 e. The number of hydrogen-bond donors (Lipinski definition) is 1. The van der Waals surface area contributed by atoms with Gasteiger partial charge in [-0.25, -0.2) is 0 Å². The fourth-order valence-electron chi connectivity index (χ4n) is 2.27. The van der Waals surface area contributed by atoms with E-state index in [1.807, 2.05) is 0 Å². The van der Waals surface area contributed by atoms with E-state index in [1.165, 1.54) is 11.1 Å². The maximum Gasteiger partial charge on any atom is 0.0587 e. The van der Waals surface area contributed by atoms with Gasteiger partial charge in [-0.15, -0.1) is 0 Å². The second kappa shape index (κ2) is 7.24. The molecule has 0 atom stereocenters. The van der Waals surface area contributed by atoms with E-state index in [2.05, 4.69) is 64.2 Å². The molecule has 0 amide bonds. The van der Waals surface area contributed by atoms with Crippen LogP contribution in [0, 0.1) is 0 Å². The summed E-state index contributed by atoms with van der Waals surface area (Å²) in [6.45, 7) is 14.1. The molecule has 114 valence electrons. The Balaban J connectivity index is 2.58. The molecule has 2 heteroatoms. The van der Waals surface area contributed by atoms with Crippen LogP contribution < -0.4 is 5.32 Å². The normalized spacial score (nSPS) is 12.7. The summed E-state index contributed by atoms with van der Waals surface area (Å²) in [6.07, 6.45) is 1.13. The molecule has 1 rings (SSSR count). The van der Waals surface area contributed by atoms with E-state index >= 15 is 0 Å². The minimum atomic E-state index is 0.205. The third kappa shape index (κ3) is 5.26. The zero-order chi connectivity index (χ0) is 15.2. The van der Waals surface area contributed by atoms with Gasteiger partial charge in [0.2, 0.25) is 0 Å². The smallest absolute Gasteiger partial charge is 0.0587 e. The average Bonchev–Trinajstić information content (AvgIpc) is 2.37. The molecule has 0 aliphatic heterocycles.